The number of hydrogen-bond donors (Lipinski definition) is 1. The third kappa shape index (κ3) is 3.33. The van der Waals surface area contributed by atoms with E-state index >= 15 is 0 Å². The lowest BCUT2D eigenvalue weighted by molar-refractivity contribution is 0.332. The van der Waals surface area contributed by atoms with Crippen molar-refractivity contribution in [3.05, 3.63) is 46.4 Å². The highest BCUT2D eigenvalue weighted by molar-refractivity contribution is 7.07. The predicted octanol–water partition coefficient (Wildman–Crippen LogP) is 3.35. The monoisotopic (exact) mass is 273 g/mol. The van der Waals surface area contributed by atoms with E-state index in [1.165, 1.54) is 37.2 Å². The zero-order valence-corrected chi connectivity index (χ0v) is 11.8. The molecule has 0 aliphatic carbocycles. The summed E-state index contributed by atoms with van der Waals surface area (Å²) in [5.41, 5.74) is 5.62. The first-order valence-corrected chi connectivity index (χ1v) is 7.77. The van der Waals surface area contributed by atoms with Crippen LogP contribution in [0.25, 0.3) is 0 Å². The molecule has 2 aromatic rings. The Balaban J connectivity index is 1.66. The number of anilines is 1. The summed E-state index contributed by atoms with van der Waals surface area (Å²) >= 11 is 1.65. The van der Waals surface area contributed by atoms with E-state index < -0.39 is 0 Å². The number of likely N-dealkylation sites (tertiary alicyclic amines) is 1. The van der Waals surface area contributed by atoms with Crippen LogP contribution in [0.2, 0.25) is 0 Å². The highest BCUT2D eigenvalue weighted by atomic mass is 32.1. The van der Waals surface area contributed by atoms with E-state index in [4.69, 9.17) is 0 Å². The van der Waals surface area contributed by atoms with Crippen molar-refractivity contribution < 1.29 is 0 Å². The molecule has 4 heteroatoms. The van der Waals surface area contributed by atoms with Crippen molar-refractivity contribution >= 4 is 17.0 Å². The van der Waals surface area contributed by atoms with Crippen molar-refractivity contribution in [2.45, 2.75) is 25.9 Å². The first kappa shape index (κ1) is 12.6. The molecule has 0 spiro atoms. The smallest absolute Gasteiger partial charge is 0.0795 e. The molecule has 1 aromatic carbocycles. The number of rotatable bonds is 5. The van der Waals surface area contributed by atoms with E-state index in [2.05, 4.69) is 44.8 Å². The Kier molecular flexibility index (Phi) is 4.10. The second-order valence-electron chi connectivity index (χ2n) is 4.97. The molecule has 1 aliphatic rings. The minimum Gasteiger partial charge on any atom is -0.379 e. The summed E-state index contributed by atoms with van der Waals surface area (Å²) in [6, 6.07) is 8.61. The van der Waals surface area contributed by atoms with Gasteiger partial charge < -0.3 is 5.32 Å². The molecule has 1 fully saturated rings. The zero-order valence-electron chi connectivity index (χ0n) is 11.0. The summed E-state index contributed by atoms with van der Waals surface area (Å²) in [4.78, 5) is 6.84. The van der Waals surface area contributed by atoms with Gasteiger partial charge >= 0.3 is 0 Å². The van der Waals surface area contributed by atoms with E-state index in [9.17, 15) is 0 Å². The van der Waals surface area contributed by atoms with Crippen molar-refractivity contribution in [1.29, 1.82) is 0 Å². The highest BCUT2D eigenvalue weighted by Crippen LogP contribution is 2.20. The standard InChI is InChI=1S/C15H19N3S/c1-2-6-15(16-9-14-11-19-12-17-14)13(5-1)10-18-7-3-4-8-18/h1-2,5-6,11-12,16H,3-4,7-10H2. The van der Waals surface area contributed by atoms with Gasteiger partial charge in [-0.05, 0) is 37.6 Å². The molecular weight excluding hydrogens is 254 g/mol. The molecule has 0 amide bonds. The quantitative estimate of drug-likeness (QED) is 0.905. The van der Waals surface area contributed by atoms with Gasteiger partial charge in [-0.25, -0.2) is 4.98 Å². The second kappa shape index (κ2) is 6.17. The van der Waals surface area contributed by atoms with Crippen molar-refractivity contribution in [3.63, 3.8) is 0 Å². The van der Waals surface area contributed by atoms with Gasteiger partial charge in [-0.3, -0.25) is 4.90 Å². The number of nitrogens with zero attached hydrogens (tertiary/aromatic N) is 2. The van der Waals surface area contributed by atoms with E-state index in [1.807, 2.05) is 5.51 Å². The number of aromatic nitrogens is 1. The number of thiazole rings is 1. The molecule has 0 saturated carbocycles. The van der Waals surface area contributed by atoms with Gasteiger partial charge in [-0.15, -0.1) is 11.3 Å². The highest BCUT2D eigenvalue weighted by Gasteiger charge is 2.13. The van der Waals surface area contributed by atoms with E-state index in [0.29, 0.717) is 0 Å². The third-order valence-electron chi connectivity index (χ3n) is 3.55. The van der Waals surface area contributed by atoms with Crippen molar-refractivity contribution in [2.75, 3.05) is 18.4 Å². The minimum atomic E-state index is 0.806. The Morgan fingerprint density at radius 1 is 1.21 bits per heavy atom. The summed E-state index contributed by atoms with van der Waals surface area (Å²) in [6.07, 6.45) is 2.68. The third-order valence-corrected chi connectivity index (χ3v) is 4.19. The summed E-state index contributed by atoms with van der Waals surface area (Å²) in [5, 5.41) is 5.60. The summed E-state index contributed by atoms with van der Waals surface area (Å²) in [6.45, 7) is 4.33. The molecule has 0 unspecified atom stereocenters. The molecular formula is C15H19N3S. The topological polar surface area (TPSA) is 28.2 Å². The number of hydrogen-bond acceptors (Lipinski definition) is 4. The van der Waals surface area contributed by atoms with Crippen molar-refractivity contribution in [2.24, 2.45) is 0 Å². The van der Waals surface area contributed by atoms with Gasteiger partial charge in [0.15, 0.2) is 0 Å². The van der Waals surface area contributed by atoms with Crippen LogP contribution < -0.4 is 5.32 Å². The van der Waals surface area contributed by atoms with E-state index in [-0.39, 0.29) is 0 Å². The van der Waals surface area contributed by atoms with Crippen LogP contribution >= 0.6 is 11.3 Å². The molecule has 0 atom stereocenters. The lowest BCUT2D eigenvalue weighted by atomic mass is 10.1. The van der Waals surface area contributed by atoms with Gasteiger partial charge in [0, 0.05) is 17.6 Å². The molecule has 100 valence electrons. The molecule has 19 heavy (non-hydrogen) atoms. The Morgan fingerprint density at radius 2 is 2.05 bits per heavy atom. The fourth-order valence-electron chi connectivity index (χ4n) is 2.52. The van der Waals surface area contributed by atoms with Crippen LogP contribution in [0, 0.1) is 0 Å². The molecule has 1 aliphatic heterocycles. The van der Waals surface area contributed by atoms with Crippen LogP contribution in [0.15, 0.2) is 35.2 Å². The van der Waals surface area contributed by atoms with Gasteiger partial charge in [0.25, 0.3) is 0 Å². The Hall–Kier alpha value is -1.39. The fourth-order valence-corrected chi connectivity index (χ4v) is 3.08. The van der Waals surface area contributed by atoms with Gasteiger partial charge in [-0.2, -0.15) is 0 Å². The van der Waals surface area contributed by atoms with Gasteiger partial charge in [0.1, 0.15) is 0 Å². The van der Waals surface area contributed by atoms with Gasteiger partial charge in [0.05, 0.1) is 17.7 Å². The Bertz CT molecular complexity index is 504. The molecule has 0 bridgehead atoms. The van der Waals surface area contributed by atoms with Gasteiger partial charge in [0.2, 0.25) is 0 Å². The molecule has 0 radical (unpaired) electrons. The van der Waals surface area contributed by atoms with Crippen LogP contribution in [0.5, 0.6) is 0 Å². The van der Waals surface area contributed by atoms with Crippen LogP contribution in [-0.2, 0) is 13.1 Å². The molecule has 2 heterocycles. The summed E-state index contributed by atoms with van der Waals surface area (Å²) in [5.74, 6) is 0. The van der Waals surface area contributed by atoms with Crippen molar-refractivity contribution in [3.8, 4) is 0 Å². The normalized spacial score (nSPS) is 15.8. The minimum absolute atomic E-state index is 0.806. The molecule has 3 rings (SSSR count). The first-order chi connectivity index (χ1) is 9.42. The molecule has 1 saturated heterocycles. The largest absolute Gasteiger partial charge is 0.379 e. The van der Waals surface area contributed by atoms with Gasteiger partial charge in [-0.1, -0.05) is 18.2 Å². The average Bonchev–Trinajstić information content (AvgIpc) is 3.10. The van der Waals surface area contributed by atoms with Crippen LogP contribution in [0.3, 0.4) is 0 Å². The number of benzene rings is 1. The second-order valence-corrected chi connectivity index (χ2v) is 5.69. The van der Waals surface area contributed by atoms with Crippen molar-refractivity contribution in [1.82, 2.24) is 9.88 Å². The van der Waals surface area contributed by atoms with Crippen LogP contribution in [-0.4, -0.2) is 23.0 Å². The first-order valence-electron chi connectivity index (χ1n) is 6.83. The maximum atomic E-state index is 4.31. The average molecular weight is 273 g/mol. The Labute approximate surface area is 118 Å². The molecule has 3 nitrogen and oxygen atoms in total. The molecule has 1 N–H and O–H groups in total. The predicted molar refractivity (Wildman–Crippen MR) is 80.4 cm³/mol. The lowest BCUT2D eigenvalue weighted by Gasteiger charge is -2.18. The molecule has 1 aromatic heterocycles. The fraction of sp³-hybridized carbons (Fsp3) is 0.400. The summed E-state index contributed by atoms with van der Waals surface area (Å²) in [7, 11) is 0. The Morgan fingerprint density at radius 3 is 2.84 bits per heavy atom. The maximum absolute atomic E-state index is 4.31. The van der Waals surface area contributed by atoms with Crippen LogP contribution in [0.1, 0.15) is 24.1 Å². The SMILES string of the molecule is c1ccc(NCc2cscn2)c(CN2CCCC2)c1. The summed E-state index contributed by atoms with van der Waals surface area (Å²) < 4.78 is 0. The number of para-hydroxylation sites is 1. The maximum Gasteiger partial charge on any atom is 0.0795 e. The number of nitrogens with one attached hydrogen (secondary N) is 1. The zero-order chi connectivity index (χ0) is 12.9. The van der Waals surface area contributed by atoms with E-state index in [0.717, 1.165) is 18.8 Å². The van der Waals surface area contributed by atoms with E-state index in [1.54, 1.807) is 11.3 Å². The lowest BCUT2D eigenvalue weighted by Crippen LogP contribution is -2.19. The van der Waals surface area contributed by atoms with Crippen LogP contribution in [0.4, 0.5) is 5.69 Å².